The Labute approximate surface area is 147 Å². The predicted octanol–water partition coefficient (Wildman–Crippen LogP) is 2.45. The van der Waals surface area contributed by atoms with Crippen molar-refractivity contribution in [1.82, 2.24) is 4.72 Å². The van der Waals surface area contributed by atoms with Crippen LogP contribution in [0.1, 0.15) is 24.0 Å². The normalized spacial score (nSPS) is 14.4. The highest BCUT2D eigenvalue weighted by Gasteiger charge is 2.19. The molecule has 0 aromatic heterocycles. The second-order valence-corrected chi connectivity index (χ2v) is 7.62. The third-order valence-electron chi connectivity index (χ3n) is 4.16. The molecule has 0 unspecified atom stereocenters. The van der Waals surface area contributed by atoms with Crippen molar-refractivity contribution < 1.29 is 17.9 Å². The number of anilines is 1. The summed E-state index contributed by atoms with van der Waals surface area (Å²) in [7, 11) is -2.11. The summed E-state index contributed by atoms with van der Waals surface area (Å²) < 4.78 is 33.0. The van der Waals surface area contributed by atoms with E-state index >= 15 is 0 Å². The van der Waals surface area contributed by atoms with Gasteiger partial charge in [-0.3, -0.25) is 4.79 Å². The van der Waals surface area contributed by atoms with Gasteiger partial charge in [0.05, 0.1) is 12.0 Å². The maximum Gasteiger partial charge on any atom is 0.240 e. The molecule has 132 valence electrons. The first-order valence-electron chi connectivity index (χ1n) is 8.04. The van der Waals surface area contributed by atoms with E-state index < -0.39 is 10.0 Å². The van der Waals surface area contributed by atoms with Crippen LogP contribution < -0.4 is 14.8 Å². The lowest BCUT2D eigenvalue weighted by molar-refractivity contribution is -0.116. The van der Waals surface area contributed by atoms with Crippen LogP contribution in [0.15, 0.2) is 47.4 Å². The average Bonchev–Trinajstić information content (AvgIpc) is 2.80. The topological polar surface area (TPSA) is 84.5 Å². The molecule has 0 atom stereocenters. The maximum atomic E-state index is 12.6. The lowest BCUT2D eigenvalue weighted by atomic mass is 10.1. The smallest absolute Gasteiger partial charge is 0.240 e. The van der Waals surface area contributed by atoms with E-state index in [0.717, 1.165) is 11.1 Å². The van der Waals surface area contributed by atoms with Gasteiger partial charge in [0.15, 0.2) is 0 Å². The van der Waals surface area contributed by atoms with Gasteiger partial charge in [0.1, 0.15) is 5.75 Å². The Kier molecular flexibility index (Phi) is 5.06. The molecule has 1 aliphatic heterocycles. The summed E-state index contributed by atoms with van der Waals surface area (Å²) in [5.41, 5.74) is 2.28. The molecule has 1 aliphatic rings. The van der Waals surface area contributed by atoms with Crippen LogP contribution in [0.2, 0.25) is 0 Å². The van der Waals surface area contributed by atoms with Gasteiger partial charge < -0.3 is 10.1 Å². The first-order valence-corrected chi connectivity index (χ1v) is 9.52. The fraction of sp³-hybridized carbons (Fsp3) is 0.278. The number of benzene rings is 2. The number of rotatable bonds is 5. The van der Waals surface area contributed by atoms with Crippen LogP contribution in [-0.4, -0.2) is 21.4 Å². The van der Waals surface area contributed by atoms with Gasteiger partial charge in [-0.25, -0.2) is 13.1 Å². The average molecular weight is 360 g/mol. The van der Waals surface area contributed by atoms with Crippen molar-refractivity contribution in [3.05, 3.63) is 53.6 Å². The van der Waals surface area contributed by atoms with E-state index in [1.807, 2.05) is 18.2 Å². The Bertz CT molecular complexity index is 894. The van der Waals surface area contributed by atoms with Gasteiger partial charge in [-0.15, -0.1) is 0 Å². The van der Waals surface area contributed by atoms with E-state index in [2.05, 4.69) is 10.0 Å². The van der Waals surface area contributed by atoms with Crippen molar-refractivity contribution in [3.8, 4) is 5.75 Å². The molecule has 6 nitrogen and oxygen atoms in total. The number of methoxy groups -OCH3 is 1. The minimum absolute atomic E-state index is 0.0383. The van der Waals surface area contributed by atoms with Crippen LogP contribution in [0.3, 0.4) is 0 Å². The van der Waals surface area contributed by atoms with Crippen LogP contribution in [-0.2, 0) is 27.8 Å². The van der Waals surface area contributed by atoms with Gasteiger partial charge in [-0.1, -0.05) is 18.2 Å². The molecule has 0 saturated carbocycles. The van der Waals surface area contributed by atoms with Crippen molar-refractivity contribution in [3.63, 3.8) is 0 Å². The van der Waals surface area contributed by atoms with E-state index in [1.165, 1.54) is 6.07 Å². The van der Waals surface area contributed by atoms with Gasteiger partial charge in [0, 0.05) is 24.2 Å². The van der Waals surface area contributed by atoms with E-state index in [4.69, 9.17) is 4.74 Å². The molecule has 0 aliphatic carbocycles. The standard InChI is InChI=1S/C18H20N2O4S/c1-24-17-7-3-2-5-14(17)12-19-25(22,23)15-9-10-16-13(11-15)6-4-8-18(21)20-16/h2-3,5,7,9-11,19H,4,6,8,12H2,1H3,(H,20,21). The molecule has 0 bridgehead atoms. The zero-order valence-electron chi connectivity index (χ0n) is 13.9. The van der Waals surface area contributed by atoms with Crippen LogP contribution in [0.4, 0.5) is 5.69 Å². The Morgan fingerprint density at radius 1 is 1.16 bits per heavy atom. The largest absolute Gasteiger partial charge is 0.496 e. The van der Waals surface area contributed by atoms with Gasteiger partial charge in [0.25, 0.3) is 0 Å². The summed E-state index contributed by atoms with van der Waals surface area (Å²) in [4.78, 5) is 11.8. The third-order valence-corrected chi connectivity index (χ3v) is 5.56. The second-order valence-electron chi connectivity index (χ2n) is 5.86. The Morgan fingerprint density at radius 3 is 2.76 bits per heavy atom. The minimum Gasteiger partial charge on any atom is -0.496 e. The molecular weight excluding hydrogens is 340 g/mol. The lowest BCUT2D eigenvalue weighted by Gasteiger charge is -2.12. The van der Waals surface area contributed by atoms with Crippen LogP contribution in [0, 0.1) is 0 Å². The van der Waals surface area contributed by atoms with Crippen molar-refractivity contribution >= 4 is 21.6 Å². The zero-order valence-corrected chi connectivity index (χ0v) is 14.7. The van der Waals surface area contributed by atoms with Crippen molar-refractivity contribution in [2.24, 2.45) is 0 Å². The summed E-state index contributed by atoms with van der Waals surface area (Å²) in [6.07, 6.45) is 1.82. The van der Waals surface area contributed by atoms with Crippen molar-refractivity contribution in [2.45, 2.75) is 30.7 Å². The maximum absolute atomic E-state index is 12.6. The molecule has 0 fully saturated rings. The number of carbonyl (C=O) groups excluding carboxylic acids is 1. The third kappa shape index (κ3) is 4.00. The number of ether oxygens (including phenoxy) is 1. The van der Waals surface area contributed by atoms with Gasteiger partial charge in [-0.2, -0.15) is 0 Å². The number of sulfonamides is 1. The van der Waals surface area contributed by atoms with Crippen LogP contribution in [0.5, 0.6) is 5.75 Å². The van der Waals surface area contributed by atoms with Crippen molar-refractivity contribution in [2.75, 3.05) is 12.4 Å². The molecule has 2 N–H and O–H groups in total. The molecule has 7 heteroatoms. The lowest BCUT2D eigenvalue weighted by Crippen LogP contribution is -2.23. The number of amides is 1. The van der Waals surface area contributed by atoms with Crippen LogP contribution >= 0.6 is 0 Å². The number of hydrogen-bond acceptors (Lipinski definition) is 4. The minimum atomic E-state index is -3.66. The molecule has 25 heavy (non-hydrogen) atoms. The highest BCUT2D eigenvalue weighted by molar-refractivity contribution is 7.89. The van der Waals surface area contributed by atoms with Crippen LogP contribution in [0.25, 0.3) is 0 Å². The van der Waals surface area contributed by atoms with Gasteiger partial charge >= 0.3 is 0 Å². The molecule has 2 aromatic rings. The summed E-state index contributed by atoms with van der Waals surface area (Å²) in [5, 5.41) is 2.80. The summed E-state index contributed by atoms with van der Waals surface area (Å²) in [6.45, 7) is 0.139. The molecule has 0 saturated heterocycles. The zero-order chi connectivity index (χ0) is 17.9. The van der Waals surface area contributed by atoms with Gasteiger partial charge in [-0.05, 0) is 42.7 Å². The molecule has 1 heterocycles. The number of para-hydroxylation sites is 1. The first kappa shape index (κ1) is 17.4. The molecule has 2 aromatic carbocycles. The quantitative estimate of drug-likeness (QED) is 0.858. The molecular formula is C18H20N2O4S. The number of aryl methyl sites for hydroxylation is 1. The second kappa shape index (κ2) is 7.25. The summed E-state index contributed by atoms with van der Waals surface area (Å²) in [5.74, 6) is 0.596. The summed E-state index contributed by atoms with van der Waals surface area (Å²) in [6, 6.07) is 12.0. The summed E-state index contributed by atoms with van der Waals surface area (Å²) >= 11 is 0. The van der Waals surface area contributed by atoms with E-state index in [-0.39, 0.29) is 17.3 Å². The van der Waals surface area contributed by atoms with E-state index in [9.17, 15) is 13.2 Å². The SMILES string of the molecule is COc1ccccc1CNS(=O)(=O)c1ccc2c(c1)CCCC(=O)N2. The number of fused-ring (bicyclic) bond motifs is 1. The fourth-order valence-electron chi connectivity index (χ4n) is 2.82. The fourth-order valence-corrected chi connectivity index (χ4v) is 3.88. The highest BCUT2D eigenvalue weighted by Crippen LogP contribution is 2.25. The Hall–Kier alpha value is -2.38. The Balaban J connectivity index is 1.81. The van der Waals surface area contributed by atoms with Crippen molar-refractivity contribution in [1.29, 1.82) is 0 Å². The molecule has 0 spiro atoms. The number of nitrogens with one attached hydrogen (secondary N) is 2. The molecule has 1 amide bonds. The first-order chi connectivity index (χ1) is 12.0. The van der Waals surface area contributed by atoms with Gasteiger partial charge in [0.2, 0.25) is 15.9 Å². The monoisotopic (exact) mass is 360 g/mol. The number of hydrogen-bond donors (Lipinski definition) is 2. The predicted molar refractivity (Wildman–Crippen MR) is 95.0 cm³/mol. The molecule has 0 radical (unpaired) electrons. The molecule has 3 rings (SSSR count). The Morgan fingerprint density at radius 2 is 1.96 bits per heavy atom. The van der Waals surface area contributed by atoms with E-state index in [1.54, 1.807) is 25.3 Å². The number of carbonyl (C=O) groups is 1. The van der Waals surface area contributed by atoms with E-state index in [0.29, 0.717) is 30.7 Å². The highest BCUT2D eigenvalue weighted by atomic mass is 32.2.